The summed E-state index contributed by atoms with van der Waals surface area (Å²) in [6.45, 7) is 6.93. The van der Waals surface area contributed by atoms with Crippen molar-refractivity contribution in [3.63, 3.8) is 0 Å². The Morgan fingerprint density at radius 2 is 2.07 bits per heavy atom. The molecule has 8 nitrogen and oxygen atoms in total. The van der Waals surface area contributed by atoms with Gasteiger partial charge in [-0.05, 0) is 38.1 Å². The molecule has 29 heavy (non-hydrogen) atoms. The summed E-state index contributed by atoms with van der Waals surface area (Å²) in [6.07, 6.45) is 6.82. The van der Waals surface area contributed by atoms with E-state index in [1.54, 1.807) is 0 Å². The van der Waals surface area contributed by atoms with Gasteiger partial charge in [-0.25, -0.2) is 4.98 Å². The monoisotopic (exact) mass is 388 g/mol. The first kappa shape index (κ1) is 17.8. The van der Waals surface area contributed by atoms with Gasteiger partial charge in [0.2, 0.25) is 0 Å². The number of nitrogens with zero attached hydrogens (tertiary/aromatic N) is 6. The fraction of sp³-hybridized carbons (Fsp3) is 0.333. The molecule has 0 amide bonds. The predicted molar refractivity (Wildman–Crippen MR) is 114 cm³/mol. The molecule has 1 fully saturated rings. The number of fused-ring (bicyclic) bond motifs is 1. The van der Waals surface area contributed by atoms with Crippen LogP contribution in [0.3, 0.4) is 0 Å². The quantitative estimate of drug-likeness (QED) is 0.559. The lowest BCUT2D eigenvalue weighted by atomic mass is 10.1. The third kappa shape index (κ3) is 3.47. The Kier molecular flexibility index (Phi) is 4.69. The topological polar surface area (TPSA) is 87.5 Å². The van der Waals surface area contributed by atoms with E-state index < -0.39 is 0 Å². The summed E-state index contributed by atoms with van der Waals surface area (Å²) in [5.41, 5.74) is 4.50. The number of H-pyrrole nitrogens is 1. The highest BCUT2D eigenvalue weighted by Gasteiger charge is 2.15. The Balaban J connectivity index is 1.53. The third-order valence-electron chi connectivity index (χ3n) is 5.34. The van der Waals surface area contributed by atoms with Crippen molar-refractivity contribution in [1.82, 2.24) is 35.3 Å². The highest BCUT2D eigenvalue weighted by atomic mass is 15.3. The minimum atomic E-state index is 0.835. The van der Waals surface area contributed by atoms with Crippen LogP contribution in [-0.4, -0.2) is 56.1 Å². The zero-order valence-electron chi connectivity index (χ0n) is 16.5. The number of hydrogen-bond acceptors (Lipinski definition) is 6. The first-order valence-electron chi connectivity index (χ1n) is 10.1. The van der Waals surface area contributed by atoms with Crippen LogP contribution < -0.4 is 10.2 Å². The van der Waals surface area contributed by atoms with Crippen LogP contribution in [0.1, 0.15) is 13.3 Å². The summed E-state index contributed by atoms with van der Waals surface area (Å²) < 4.78 is 1.90. The van der Waals surface area contributed by atoms with Gasteiger partial charge >= 0.3 is 0 Å². The molecule has 4 aromatic rings. The smallest absolute Gasteiger partial charge is 0.129 e. The Labute approximate surface area is 169 Å². The van der Waals surface area contributed by atoms with E-state index >= 15 is 0 Å². The van der Waals surface area contributed by atoms with Crippen molar-refractivity contribution in [1.29, 1.82) is 0 Å². The van der Waals surface area contributed by atoms with Crippen LogP contribution in [0.5, 0.6) is 0 Å². The van der Waals surface area contributed by atoms with Crippen LogP contribution >= 0.6 is 0 Å². The Morgan fingerprint density at radius 3 is 2.97 bits per heavy atom. The van der Waals surface area contributed by atoms with Crippen molar-refractivity contribution < 1.29 is 0 Å². The average molecular weight is 388 g/mol. The third-order valence-corrected chi connectivity index (χ3v) is 5.34. The molecule has 4 aromatic heterocycles. The fourth-order valence-electron chi connectivity index (χ4n) is 3.74. The molecule has 0 aromatic carbocycles. The van der Waals surface area contributed by atoms with E-state index in [0.29, 0.717) is 0 Å². The summed E-state index contributed by atoms with van der Waals surface area (Å²) in [6, 6.07) is 8.22. The van der Waals surface area contributed by atoms with Crippen LogP contribution in [0.2, 0.25) is 0 Å². The molecule has 0 aliphatic carbocycles. The van der Waals surface area contributed by atoms with Crippen molar-refractivity contribution in [3.8, 4) is 22.6 Å². The van der Waals surface area contributed by atoms with Crippen molar-refractivity contribution in [2.45, 2.75) is 19.9 Å². The van der Waals surface area contributed by atoms with E-state index in [9.17, 15) is 0 Å². The summed E-state index contributed by atoms with van der Waals surface area (Å²) in [7, 11) is 0. The zero-order chi connectivity index (χ0) is 19.6. The highest BCUT2D eigenvalue weighted by Crippen LogP contribution is 2.29. The van der Waals surface area contributed by atoms with Gasteiger partial charge in [-0.2, -0.15) is 10.2 Å². The van der Waals surface area contributed by atoms with Gasteiger partial charge in [-0.3, -0.25) is 14.8 Å². The highest BCUT2D eigenvalue weighted by molar-refractivity contribution is 5.93. The summed E-state index contributed by atoms with van der Waals surface area (Å²) in [5, 5.41) is 16.5. The van der Waals surface area contributed by atoms with Crippen molar-refractivity contribution in [2.75, 3.05) is 31.1 Å². The largest absolute Gasteiger partial charge is 0.355 e. The van der Waals surface area contributed by atoms with Gasteiger partial charge in [0, 0.05) is 43.3 Å². The molecule has 5 rings (SSSR count). The van der Waals surface area contributed by atoms with E-state index in [4.69, 9.17) is 4.98 Å². The molecule has 1 saturated heterocycles. The van der Waals surface area contributed by atoms with Gasteiger partial charge in [0.15, 0.2) is 0 Å². The lowest BCUT2D eigenvalue weighted by Gasteiger charge is -2.21. The fourth-order valence-corrected chi connectivity index (χ4v) is 3.74. The number of anilines is 1. The lowest BCUT2D eigenvalue weighted by Crippen LogP contribution is -2.28. The molecular formula is C21H24N8. The van der Waals surface area contributed by atoms with Gasteiger partial charge in [0.05, 0.1) is 29.3 Å². The van der Waals surface area contributed by atoms with Crippen LogP contribution in [0.4, 0.5) is 5.82 Å². The van der Waals surface area contributed by atoms with Gasteiger partial charge in [-0.15, -0.1) is 0 Å². The van der Waals surface area contributed by atoms with Gasteiger partial charge in [-0.1, -0.05) is 6.07 Å². The predicted octanol–water partition coefficient (Wildman–Crippen LogP) is 2.70. The van der Waals surface area contributed by atoms with Crippen LogP contribution in [0.25, 0.3) is 33.5 Å². The average Bonchev–Trinajstić information content (AvgIpc) is 3.32. The molecule has 0 unspecified atom stereocenters. The molecule has 2 N–H and O–H groups in total. The Hall–Kier alpha value is -3.26. The van der Waals surface area contributed by atoms with Crippen molar-refractivity contribution >= 4 is 16.7 Å². The molecule has 0 spiro atoms. The molecule has 0 atom stereocenters. The van der Waals surface area contributed by atoms with E-state index in [1.807, 2.05) is 29.3 Å². The molecule has 0 saturated carbocycles. The summed E-state index contributed by atoms with van der Waals surface area (Å²) in [5.74, 6) is 1.00. The number of nitrogens with one attached hydrogen (secondary N) is 2. The van der Waals surface area contributed by atoms with Gasteiger partial charge in [0.25, 0.3) is 0 Å². The van der Waals surface area contributed by atoms with Gasteiger partial charge in [0.1, 0.15) is 11.5 Å². The second-order valence-electron chi connectivity index (χ2n) is 7.24. The number of pyridine rings is 2. The molecule has 0 bridgehead atoms. The maximum absolute atomic E-state index is 4.93. The number of aryl methyl sites for hydroxylation is 1. The second-order valence-corrected chi connectivity index (χ2v) is 7.24. The maximum atomic E-state index is 4.93. The molecule has 5 heterocycles. The van der Waals surface area contributed by atoms with Crippen LogP contribution in [0, 0.1) is 0 Å². The maximum Gasteiger partial charge on any atom is 0.129 e. The molecular weight excluding hydrogens is 364 g/mol. The zero-order valence-corrected chi connectivity index (χ0v) is 16.5. The first-order chi connectivity index (χ1) is 14.3. The van der Waals surface area contributed by atoms with E-state index in [0.717, 1.165) is 78.5 Å². The SMILES string of the molecule is CCn1cc(-c2cc3c(-c4cccc(N5CCCNCC5)n4)n[nH]c3cn2)cn1. The van der Waals surface area contributed by atoms with E-state index in [1.165, 1.54) is 0 Å². The summed E-state index contributed by atoms with van der Waals surface area (Å²) >= 11 is 0. The van der Waals surface area contributed by atoms with Gasteiger partial charge < -0.3 is 10.2 Å². The minimum Gasteiger partial charge on any atom is -0.355 e. The van der Waals surface area contributed by atoms with E-state index in [2.05, 4.69) is 55.6 Å². The van der Waals surface area contributed by atoms with Crippen LogP contribution in [-0.2, 0) is 6.54 Å². The normalized spacial score (nSPS) is 15.0. The first-order valence-corrected chi connectivity index (χ1v) is 10.1. The van der Waals surface area contributed by atoms with Crippen LogP contribution in [0.15, 0.2) is 42.9 Å². The number of hydrogen-bond donors (Lipinski definition) is 2. The lowest BCUT2D eigenvalue weighted by molar-refractivity contribution is 0.660. The molecule has 148 valence electrons. The number of aromatic amines is 1. The standard InChI is InChI=1S/C21H24N8/c1-2-29-14-15(12-24-29)18-11-16-19(13-23-18)26-27-21(16)17-5-3-6-20(25-17)28-9-4-7-22-8-10-28/h3,5-6,11-14,22H,2,4,7-10H2,1H3,(H,26,27). The van der Waals surface area contributed by atoms with Crippen molar-refractivity contribution in [3.05, 3.63) is 42.9 Å². The van der Waals surface area contributed by atoms with Crippen molar-refractivity contribution in [2.24, 2.45) is 0 Å². The number of rotatable bonds is 4. The van der Waals surface area contributed by atoms with E-state index in [-0.39, 0.29) is 0 Å². The Bertz CT molecular complexity index is 1120. The molecule has 1 aliphatic rings. The molecule has 0 radical (unpaired) electrons. The minimum absolute atomic E-state index is 0.835. The summed E-state index contributed by atoms with van der Waals surface area (Å²) in [4.78, 5) is 11.8. The number of aromatic nitrogens is 6. The Morgan fingerprint density at radius 1 is 1.10 bits per heavy atom. The molecule has 1 aliphatic heterocycles. The second kappa shape index (κ2) is 7.63. The molecule has 8 heteroatoms.